The number of nitrogens with zero attached hydrogens (tertiary/aromatic N) is 7. The van der Waals surface area contributed by atoms with Crippen LogP contribution in [0, 0.1) is 6.92 Å². The molecule has 0 amide bonds. The second-order valence-corrected chi connectivity index (χ2v) is 7.65. The molecule has 1 fully saturated rings. The number of nitrogens with one attached hydrogen (secondary N) is 1. The predicted octanol–water partition coefficient (Wildman–Crippen LogP) is 1.81. The van der Waals surface area contributed by atoms with Crippen LogP contribution in [0.15, 0.2) is 35.7 Å². The Hall–Kier alpha value is -2.92. The van der Waals surface area contributed by atoms with Gasteiger partial charge in [0.2, 0.25) is 17.1 Å². The Balaban J connectivity index is 1.38. The van der Waals surface area contributed by atoms with Crippen LogP contribution >= 0.6 is 11.8 Å². The molecule has 3 heterocycles. The van der Waals surface area contributed by atoms with Gasteiger partial charge in [0.15, 0.2) is 0 Å². The van der Waals surface area contributed by atoms with E-state index in [9.17, 15) is 0 Å². The van der Waals surface area contributed by atoms with Crippen molar-refractivity contribution in [3.05, 3.63) is 36.2 Å². The van der Waals surface area contributed by atoms with Crippen molar-refractivity contribution in [3.63, 3.8) is 0 Å². The molecule has 1 aliphatic rings. The summed E-state index contributed by atoms with van der Waals surface area (Å²) in [6.07, 6.45) is 1.61. The third kappa shape index (κ3) is 5.16. The second-order valence-electron chi connectivity index (χ2n) is 6.59. The first-order chi connectivity index (χ1) is 14.7. The number of morpholine rings is 1. The lowest BCUT2D eigenvalue weighted by molar-refractivity contribution is 0.122. The number of thioether (sulfide) groups is 1. The lowest BCUT2D eigenvalue weighted by atomic mass is 10.2. The number of hydrogen-bond acceptors (Lipinski definition) is 10. The smallest absolute Gasteiger partial charge is 0.258 e. The van der Waals surface area contributed by atoms with Crippen LogP contribution in [-0.2, 0) is 4.74 Å². The molecule has 0 aliphatic carbocycles. The van der Waals surface area contributed by atoms with Gasteiger partial charge in [0.1, 0.15) is 12.1 Å². The quantitative estimate of drug-likeness (QED) is 0.422. The Morgan fingerprint density at radius 2 is 1.87 bits per heavy atom. The van der Waals surface area contributed by atoms with Crippen LogP contribution in [-0.4, -0.2) is 75.4 Å². The van der Waals surface area contributed by atoms with E-state index >= 15 is 0 Å². The number of rotatable bonds is 8. The highest BCUT2D eigenvalue weighted by molar-refractivity contribution is 7.99. The maximum atomic E-state index is 5.75. The number of aromatic nitrogens is 6. The van der Waals surface area contributed by atoms with Crippen LogP contribution in [0.25, 0.3) is 5.95 Å². The highest BCUT2D eigenvalue weighted by Crippen LogP contribution is 2.17. The van der Waals surface area contributed by atoms with Gasteiger partial charge in [0.05, 0.1) is 19.8 Å². The maximum Gasteiger partial charge on any atom is 0.258 e. The highest BCUT2D eigenvalue weighted by atomic mass is 32.2. The van der Waals surface area contributed by atoms with Gasteiger partial charge in [-0.2, -0.15) is 19.6 Å². The summed E-state index contributed by atoms with van der Waals surface area (Å²) in [6.45, 7) is 5.42. The summed E-state index contributed by atoms with van der Waals surface area (Å²) in [7, 11) is 1.78. The molecule has 10 nitrogen and oxygen atoms in total. The Morgan fingerprint density at radius 1 is 1.10 bits per heavy atom. The summed E-state index contributed by atoms with van der Waals surface area (Å²) in [6, 6.07) is 8.01. The van der Waals surface area contributed by atoms with E-state index in [1.165, 1.54) is 17.3 Å². The fourth-order valence-corrected chi connectivity index (χ4v) is 3.43. The third-order valence-electron chi connectivity index (χ3n) is 4.41. The molecule has 0 spiro atoms. The molecular formula is C19H24N8O2S. The third-order valence-corrected chi connectivity index (χ3v) is 5.23. The van der Waals surface area contributed by atoms with Gasteiger partial charge in [-0.15, -0.1) is 5.10 Å². The van der Waals surface area contributed by atoms with Crippen molar-refractivity contribution in [2.45, 2.75) is 12.1 Å². The minimum Gasteiger partial charge on any atom is -0.493 e. The van der Waals surface area contributed by atoms with Crippen LogP contribution in [0.4, 0.5) is 11.9 Å². The number of anilines is 2. The molecule has 0 bridgehead atoms. The standard InChI is InChI=1S/C19H24N8O2S/c1-14-3-5-15(6-4-14)29-11-12-30-19-21-13-27(25-19)18-23-16(20-2)22-17(24-18)26-7-9-28-10-8-26/h3-6,13H,7-12H2,1-2H3,(H,20,22,23,24). The van der Waals surface area contributed by atoms with Crippen LogP contribution in [0.1, 0.15) is 5.56 Å². The van der Waals surface area contributed by atoms with Crippen LogP contribution in [0.5, 0.6) is 5.75 Å². The average molecular weight is 429 g/mol. The molecule has 2 aromatic heterocycles. The fourth-order valence-electron chi connectivity index (χ4n) is 2.81. The molecule has 4 rings (SSSR count). The van der Waals surface area contributed by atoms with Crippen molar-refractivity contribution in [1.82, 2.24) is 29.7 Å². The van der Waals surface area contributed by atoms with E-state index in [0.29, 0.717) is 42.8 Å². The van der Waals surface area contributed by atoms with Crippen LogP contribution in [0.3, 0.4) is 0 Å². The van der Waals surface area contributed by atoms with Crippen molar-refractivity contribution < 1.29 is 9.47 Å². The molecule has 3 aromatic rings. The summed E-state index contributed by atoms with van der Waals surface area (Å²) in [5.41, 5.74) is 1.21. The first-order valence-electron chi connectivity index (χ1n) is 9.72. The van der Waals surface area contributed by atoms with E-state index in [1.54, 1.807) is 18.1 Å². The summed E-state index contributed by atoms with van der Waals surface area (Å²) >= 11 is 1.52. The van der Waals surface area contributed by atoms with E-state index in [1.807, 2.05) is 24.3 Å². The lowest BCUT2D eigenvalue weighted by Gasteiger charge is -2.26. The maximum absolute atomic E-state index is 5.75. The number of aryl methyl sites for hydroxylation is 1. The van der Waals surface area contributed by atoms with Crippen molar-refractivity contribution in [3.8, 4) is 11.7 Å². The molecule has 0 saturated carbocycles. The predicted molar refractivity (Wildman–Crippen MR) is 115 cm³/mol. The minimum atomic E-state index is 0.422. The fraction of sp³-hybridized carbons (Fsp3) is 0.421. The summed E-state index contributed by atoms with van der Waals surface area (Å²) < 4.78 is 12.7. The summed E-state index contributed by atoms with van der Waals surface area (Å²) in [5, 5.41) is 8.11. The van der Waals surface area contributed by atoms with Crippen molar-refractivity contribution in [2.75, 3.05) is 55.9 Å². The average Bonchev–Trinajstić information content (AvgIpc) is 3.27. The molecule has 0 unspecified atom stereocenters. The van der Waals surface area contributed by atoms with E-state index in [2.05, 4.69) is 42.2 Å². The molecular weight excluding hydrogens is 404 g/mol. The number of benzene rings is 1. The molecule has 1 N–H and O–H groups in total. The first kappa shape index (κ1) is 20.4. The normalized spacial score (nSPS) is 14.0. The van der Waals surface area contributed by atoms with E-state index in [0.717, 1.165) is 24.6 Å². The first-order valence-corrected chi connectivity index (χ1v) is 10.7. The Morgan fingerprint density at radius 3 is 2.63 bits per heavy atom. The summed E-state index contributed by atoms with van der Waals surface area (Å²) in [4.78, 5) is 19.9. The van der Waals surface area contributed by atoms with Gasteiger partial charge in [-0.05, 0) is 19.1 Å². The summed E-state index contributed by atoms with van der Waals surface area (Å²) in [5.74, 6) is 3.10. The van der Waals surface area contributed by atoms with E-state index < -0.39 is 0 Å². The Labute approximate surface area is 179 Å². The van der Waals surface area contributed by atoms with Crippen LogP contribution in [0.2, 0.25) is 0 Å². The number of ether oxygens (including phenoxy) is 2. The zero-order valence-electron chi connectivity index (χ0n) is 17.0. The molecule has 0 atom stereocenters. The van der Waals surface area contributed by atoms with Gasteiger partial charge in [0.25, 0.3) is 5.95 Å². The van der Waals surface area contributed by atoms with E-state index in [-0.39, 0.29) is 0 Å². The zero-order chi connectivity index (χ0) is 20.8. The van der Waals surface area contributed by atoms with Gasteiger partial charge in [-0.1, -0.05) is 29.5 Å². The molecule has 1 aliphatic heterocycles. The van der Waals surface area contributed by atoms with Gasteiger partial charge in [-0.25, -0.2) is 4.98 Å². The monoisotopic (exact) mass is 428 g/mol. The molecule has 1 saturated heterocycles. The van der Waals surface area contributed by atoms with Crippen molar-refractivity contribution in [1.29, 1.82) is 0 Å². The molecule has 158 valence electrons. The zero-order valence-corrected chi connectivity index (χ0v) is 17.8. The second kappa shape index (κ2) is 9.72. The van der Waals surface area contributed by atoms with Crippen molar-refractivity contribution in [2.24, 2.45) is 0 Å². The Bertz CT molecular complexity index is 959. The van der Waals surface area contributed by atoms with Gasteiger partial charge in [0, 0.05) is 25.9 Å². The molecule has 30 heavy (non-hydrogen) atoms. The molecule has 11 heteroatoms. The van der Waals surface area contributed by atoms with E-state index in [4.69, 9.17) is 9.47 Å². The van der Waals surface area contributed by atoms with Gasteiger partial charge < -0.3 is 19.7 Å². The topological polar surface area (TPSA) is 103 Å². The Kier molecular flexibility index (Phi) is 6.60. The van der Waals surface area contributed by atoms with Gasteiger partial charge in [-0.3, -0.25) is 0 Å². The molecule has 1 aromatic carbocycles. The highest BCUT2D eigenvalue weighted by Gasteiger charge is 2.17. The minimum absolute atomic E-state index is 0.422. The van der Waals surface area contributed by atoms with Crippen molar-refractivity contribution >= 4 is 23.7 Å². The molecule has 0 radical (unpaired) electrons. The SMILES string of the molecule is CNc1nc(N2CCOCC2)nc(-n2cnc(SCCOc3ccc(C)cc3)n2)n1. The van der Waals surface area contributed by atoms with Gasteiger partial charge >= 0.3 is 0 Å². The lowest BCUT2D eigenvalue weighted by Crippen LogP contribution is -2.37. The number of hydrogen-bond donors (Lipinski definition) is 1. The largest absolute Gasteiger partial charge is 0.493 e. The van der Waals surface area contributed by atoms with Crippen LogP contribution < -0.4 is 15.0 Å².